The average molecular weight is 268 g/mol. The van der Waals surface area contributed by atoms with Crippen LogP contribution in [0.3, 0.4) is 0 Å². The van der Waals surface area contributed by atoms with Crippen molar-refractivity contribution in [3.8, 4) is 0 Å². The van der Waals surface area contributed by atoms with E-state index < -0.39 is 15.1 Å². The molecule has 17 heavy (non-hydrogen) atoms. The molecule has 0 unspecified atom stereocenters. The molecule has 0 nitrogen and oxygen atoms in total. The van der Waals surface area contributed by atoms with Gasteiger partial charge in [-0.1, -0.05) is 49.3 Å². The van der Waals surface area contributed by atoms with Gasteiger partial charge < -0.3 is 0 Å². The minimum atomic E-state index is -9.57. The third-order valence-corrected chi connectivity index (χ3v) is 3.56. The van der Waals surface area contributed by atoms with Crippen molar-refractivity contribution in [3.63, 3.8) is 0 Å². The Morgan fingerprint density at radius 3 is 1.88 bits per heavy atom. The van der Waals surface area contributed by atoms with Crippen molar-refractivity contribution in [1.82, 2.24) is 0 Å². The second-order valence-corrected chi connectivity index (χ2v) is 6.39. The molecular weight excluding hydrogens is 259 g/mol. The highest BCUT2D eigenvalue weighted by molar-refractivity contribution is 8.45. The van der Waals surface area contributed by atoms with E-state index in [4.69, 9.17) is 0 Å². The smallest absolute Gasteiger partial charge is 0.0936 e. The number of hydrogen-bond acceptors (Lipinski definition) is 0. The van der Waals surface area contributed by atoms with E-state index in [0.29, 0.717) is 17.5 Å². The Morgan fingerprint density at radius 1 is 0.765 bits per heavy atom. The fraction of sp³-hybridized carbons (Fsp3) is 0.0909. The van der Waals surface area contributed by atoms with E-state index in [0.717, 1.165) is 11.6 Å². The van der Waals surface area contributed by atoms with E-state index in [1.165, 1.54) is 6.07 Å². The van der Waals surface area contributed by atoms with Crippen LogP contribution in [0.15, 0.2) is 41.3 Å². The van der Waals surface area contributed by atoms with Gasteiger partial charge in [0.05, 0.1) is 0 Å². The van der Waals surface area contributed by atoms with Crippen molar-refractivity contribution < 1.29 is 19.4 Å². The Balaban J connectivity index is 2.74. The predicted molar refractivity (Wildman–Crippen MR) is 60.1 cm³/mol. The van der Waals surface area contributed by atoms with Crippen molar-refractivity contribution in [2.45, 2.75) is 11.8 Å². The zero-order chi connectivity index (χ0) is 13.0. The Morgan fingerprint density at radius 2 is 1.29 bits per heavy atom. The van der Waals surface area contributed by atoms with Gasteiger partial charge in [-0.2, -0.15) is 0 Å². The van der Waals surface area contributed by atoms with E-state index in [9.17, 15) is 19.4 Å². The maximum Gasteiger partial charge on any atom is 0.310 e. The lowest BCUT2D eigenvalue weighted by Gasteiger charge is -2.40. The van der Waals surface area contributed by atoms with Crippen LogP contribution in [0.4, 0.5) is 19.4 Å². The third kappa shape index (κ3) is 2.52. The van der Waals surface area contributed by atoms with Crippen LogP contribution in [-0.2, 0) is 0 Å². The molecule has 0 saturated carbocycles. The molecule has 0 aliphatic rings. The summed E-state index contributed by atoms with van der Waals surface area (Å²) < 4.78 is 62.8. The normalized spacial score (nSPS) is 16.6. The molecule has 6 heteroatoms. The molecule has 0 aliphatic carbocycles. The fourth-order valence-electron chi connectivity index (χ4n) is 1.58. The molecule has 2 aromatic rings. The van der Waals surface area contributed by atoms with Crippen LogP contribution in [0, 0.1) is 6.92 Å². The molecule has 0 spiro atoms. The van der Waals surface area contributed by atoms with E-state index in [1.807, 2.05) is 0 Å². The van der Waals surface area contributed by atoms with E-state index in [-0.39, 0.29) is 5.39 Å². The Hall–Kier alpha value is -1.30. The zero-order valence-electron chi connectivity index (χ0n) is 8.76. The summed E-state index contributed by atoms with van der Waals surface area (Å²) >= 11 is 0. The molecule has 0 bridgehead atoms. The number of aryl methyl sites for hydroxylation is 1. The van der Waals surface area contributed by atoms with E-state index in [2.05, 4.69) is 0 Å². The van der Waals surface area contributed by atoms with Gasteiger partial charge >= 0.3 is 10.2 Å². The van der Waals surface area contributed by atoms with Gasteiger partial charge in [-0.3, -0.25) is 0 Å². The van der Waals surface area contributed by atoms with Crippen LogP contribution in [0.2, 0.25) is 0 Å². The minimum absolute atomic E-state index is 0.154. The fourth-order valence-corrected chi connectivity index (χ4v) is 2.26. The summed E-state index contributed by atoms with van der Waals surface area (Å²) in [7, 11) is -9.57. The lowest BCUT2D eigenvalue weighted by atomic mass is 10.1. The summed E-state index contributed by atoms with van der Waals surface area (Å²) in [5, 5.41) is 0.664. The maximum absolute atomic E-state index is 12.6. The lowest BCUT2D eigenvalue weighted by Crippen LogP contribution is -2.05. The van der Waals surface area contributed by atoms with Crippen LogP contribution < -0.4 is 0 Å². The van der Waals surface area contributed by atoms with Crippen LogP contribution in [0.1, 0.15) is 5.56 Å². The molecule has 0 N–H and O–H groups in total. The van der Waals surface area contributed by atoms with Crippen LogP contribution >= 0.6 is 10.2 Å². The quantitative estimate of drug-likeness (QED) is 0.573. The van der Waals surface area contributed by atoms with Crippen molar-refractivity contribution in [2.24, 2.45) is 0 Å². The molecule has 0 saturated heterocycles. The summed E-state index contributed by atoms with van der Waals surface area (Å²) in [4.78, 5) is -1.85. The first-order valence-corrected chi connectivity index (χ1v) is 6.65. The topological polar surface area (TPSA) is 0 Å². The Bertz CT molecular complexity index is 600. The second-order valence-electron chi connectivity index (χ2n) is 3.98. The number of rotatable bonds is 1. The summed E-state index contributed by atoms with van der Waals surface area (Å²) in [6, 6.07) is 6.62. The predicted octanol–water partition coefficient (Wildman–Crippen LogP) is 5.81. The SMILES string of the molecule is Cc1ccc2cc(S(F)(F)(F)(F)F)ccc2c1. The second kappa shape index (κ2) is 2.75. The number of halogens is 5. The van der Waals surface area contributed by atoms with Crippen molar-refractivity contribution >= 4 is 21.0 Å². The van der Waals surface area contributed by atoms with E-state index >= 15 is 0 Å². The molecular formula is C11H9F5S. The lowest BCUT2D eigenvalue weighted by molar-refractivity contribution is 0.364. The van der Waals surface area contributed by atoms with Gasteiger partial charge in [0.25, 0.3) is 0 Å². The summed E-state index contributed by atoms with van der Waals surface area (Å²) in [6.07, 6.45) is 0. The Labute approximate surface area is 94.8 Å². The zero-order valence-corrected chi connectivity index (χ0v) is 9.58. The van der Waals surface area contributed by atoms with E-state index in [1.54, 1.807) is 19.1 Å². The first-order chi connectivity index (χ1) is 7.45. The first-order valence-electron chi connectivity index (χ1n) is 4.70. The first kappa shape index (κ1) is 12.2. The van der Waals surface area contributed by atoms with Gasteiger partial charge in [-0.25, -0.2) is 0 Å². The third-order valence-electron chi connectivity index (χ3n) is 2.41. The summed E-state index contributed by atoms with van der Waals surface area (Å²) in [5.74, 6) is 0. The van der Waals surface area contributed by atoms with Crippen LogP contribution in [0.25, 0.3) is 10.8 Å². The molecule has 0 aromatic heterocycles. The highest BCUT2D eigenvalue weighted by Gasteiger charge is 2.65. The molecule has 2 rings (SSSR count). The molecule has 2 aromatic carbocycles. The minimum Gasteiger partial charge on any atom is -0.0936 e. The van der Waals surface area contributed by atoms with Crippen LogP contribution in [0.5, 0.6) is 0 Å². The number of fused-ring (bicyclic) bond motifs is 1. The standard InChI is InChI=1S/C11H9F5S/c1-8-2-3-10-7-11(5-4-9(10)6-8)17(12,13,14,15)16/h2-7H,1H3. The molecule has 0 atom stereocenters. The highest BCUT2D eigenvalue weighted by atomic mass is 32.5. The maximum atomic E-state index is 12.6. The van der Waals surface area contributed by atoms with Gasteiger partial charge in [0.2, 0.25) is 0 Å². The molecule has 94 valence electrons. The number of benzene rings is 2. The monoisotopic (exact) mass is 268 g/mol. The van der Waals surface area contributed by atoms with Crippen molar-refractivity contribution in [2.75, 3.05) is 0 Å². The van der Waals surface area contributed by atoms with Crippen molar-refractivity contribution in [1.29, 1.82) is 0 Å². The van der Waals surface area contributed by atoms with Gasteiger partial charge in [-0.05, 0) is 29.8 Å². The number of hydrogen-bond donors (Lipinski definition) is 0. The molecule has 0 radical (unpaired) electrons. The van der Waals surface area contributed by atoms with Crippen molar-refractivity contribution in [3.05, 3.63) is 42.0 Å². The highest BCUT2D eigenvalue weighted by Crippen LogP contribution is 3.02. The summed E-state index contributed by atoms with van der Waals surface area (Å²) in [5.41, 5.74) is 0.859. The largest absolute Gasteiger partial charge is 0.310 e. The van der Waals surface area contributed by atoms with Gasteiger partial charge in [0, 0.05) is 0 Å². The molecule has 0 amide bonds. The molecule has 0 aliphatic heterocycles. The Kier molecular flexibility index (Phi) is 1.96. The average Bonchev–Trinajstić information content (AvgIpc) is 2.13. The van der Waals surface area contributed by atoms with Gasteiger partial charge in [-0.15, -0.1) is 0 Å². The van der Waals surface area contributed by atoms with Gasteiger partial charge in [0.15, 0.2) is 0 Å². The van der Waals surface area contributed by atoms with Crippen LogP contribution in [-0.4, -0.2) is 0 Å². The molecule has 0 heterocycles. The summed E-state index contributed by atoms with van der Waals surface area (Å²) in [6.45, 7) is 1.78. The van der Waals surface area contributed by atoms with Gasteiger partial charge in [0.1, 0.15) is 4.90 Å². The molecule has 0 fully saturated rings.